The SMILES string of the molecule is CCc1cc(C#CCO)ccc1NC(=O)c1cnns1. The summed E-state index contributed by atoms with van der Waals surface area (Å²) in [5.74, 6) is 5.23. The van der Waals surface area contributed by atoms with E-state index in [9.17, 15) is 4.79 Å². The van der Waals surface area contributed by atoms with E-state index in [1.807, 2.05) is 25.1 Å². The number of carbonyl (C=O) groups excluding carboxylic acids is 1. The number of amides is 1. The van der Waals surface area contributed by atoms with Gasteiger partial charge in [0.2, 0.25) is 0 Å². The van der Waals surface area contributed by atoms with Crippen molar-refractivity contribution < 1.29 is 9.90 Å². The number of aliphatic hydroxyl groups excluding tert-OH is 1. The molecule has 2 rings (SSSR count). The monoisotopic (exact) mass is 287 g/mol. The molecule has 0 radical (unpaired) electrons. The molecule has 6 heteroatoms. The van der Waals surface area contributed by atoms with Gasteiger partial charge in [0.15, 0.2) is 0 Å². The molecule has 20 heavy (non-hydrogen) atoms. The van der Waals surface area contributed by atoms with E-state index >= 15 is 0 Å². The van der Waals surface area contributed by atoms with E-state index < -0.39 is 0 Å². The lowest BCUT2D eigenvalue weighted by Crippen LogP contribution is -2.11. The lowest BCUT2D eigenvalue weighted by atomic mass is 10.1. The Balaban J connectivity index is 2.21. The average molecular weight is 287 g/mol. The van der Waals surface area contributed by atoms with E-state index in [4.69, 9.17) is 5.11 Å². The lowest BCUT2D eigenvalue weighted by Gasteiger charge is -2.09. The third-order valence-corrected chi connectivity index (χ3v) is 3.29. The van der Waals surface area contributed by atoms with Crippen LogP contribution in [0.1, 0.15) is 27.7 Å². The van der Waals surface area contributed by atoms with Crippen LogP contribution in [0.4, 0.5) is 5.69 Å². The third kappa shape index (κ3) is 3.41. The fourth-order valence-corrected chi connectivity index (χ4v) is 2.09. The number of nitrogens with one attached hydrogen (secondary N) is 1. The van der Waals surface area contributed by atoms with E-state index in [2.05, 4.69) is 26.7 Å². The highest BCUT2D eigenvalue weighted by atomic mass is 32.1. The quantitative estimate of drug-likeness (QED) is 0.843. The molecule has 0 aliphatic rings. The number of benzene rings is 1. The van der Waals surface area contributed by atoms with Crippen LogP contribution in [-0.2, 0) is 6.42 Å². The second-order valence-corrected chi connectivity index (χ2v) is 4.71. The number of rotatable bonds is 3. The normalized spacial score (nSPS) is 9.70. The van der Waals surface area contributed by atoms with Crippen LogP contribution in [-0.4, -0.2) is 27.2 Å². The number of aliphatic hydroxyl groups is 1. The first-order valence-corrected chi connectivity index (χ1v) is 6.83. The Bertz CT molecular complexity index is 657. The van der Waals surface area contributed by atoms with E-state index in [-0.39, 0.29) is 12.5 Å². The highest BCUT2D eigenvalue weighted by molar-refractivity contribution is 7.07. The van der Waals surface area contributed by atoms with E-state index in [0.29, 0.717) is 4.88 Å². The molecule has 0 saturated carbocycles. The van der Waals surface area contributed by atoms with Gasteiger partial charge >= 0.3 is 0 Å². The summed E-state index contributed by atoms with van der Waals surface area (Å²) in [7, 11) is 0. The Morgan fingerprint density at radius 2 is 2.35 bits per heavy atom. The maximum atomic E-state index is 12.0. The standard InChI is InChI=1S/C14H13N3O2S/c1-2-11-8-10(4-3-7-18)5-6-12(11)16-14(19)13-9-15-17-20-13/h5-6,8-9,18H,2,7H2,1H3,(H,16,19). The molecule has 1 aromatic carbocycles. The Labute approximate surface area is 120 Å². The molecule has 2 aromatic rings. The number of aryl methyl sites for hydroxylation is 1. The van der Waals surface area contributed by atoms with Crippen molar-refractivity contribution in [3.05, 3.63) is 40.4 Å². The minimum absolute atomic E-state index is 0.168. The van der Waals surface area contributed by atoms with Gasteiger partial charge in [0.05, 0.1) is 6.20 Å². The van der Waals surface area contributed by atoms with Crippen LogP contribution in [0.15, 0.2) is 24.4 Å². The Hall–Kier alpha value is -2.23. The van der Waals surface area contributed by atoms with Crippen LogP contribution in [0, 0.1) is 11.8 Å². The van der Waals surface area contributed by atoms with Gasteiger partial charge in [-0.05, 0) is 41.7 Å². The van der Waals surface area contributed by atoms with E-state index in [0.717, 1.165) is 34.8 Å². The van der Waals surface area contributed by atoms with Crippen molar-refractivity contribution in [2.45, 2.75) is 13.3 Å². The topological polar surface area (TPSA) is 75.1 Å². The first kappa shape index (κ1) is 14.2. The molecule has 5 nitrogen and oxygen atoms in total. The van der Waals surface area contributed by atoms with Crippen molar-refractivity contribution in [1.82, 2.24) is 9.59 Å². The molecule has 0 atom stereocenters. The number of anilines is 1. The van der Waals surface area contributed by atoms with Gasteiger partial charge in [-0.2, -0.15) is 0 Å². The Morgan fingerprint density at radius 3 is 3.00 bits per heavy atom. The largest absolute Gasteiger partial charge is 0.384 e. The first-order valence-electron chi connectivity index (χ1n) is 6.06. The molecule has 1 amide bonds. The lowest BCUT2D eigenvalue weighted by molar-refractivity contribution is 0.103. The summed E-state index contributed by atoms with van der Waals surface area (Å²) in [5.41, 5.74) is 2.55. The molecule has 0 fully saturated rings. The van der Waals surface area contributed by atoms with Gasteiger partial charge in [0.25, 0.3) is 5.91 Å². The molecular weight excluding hydrogens is 274 g/mol. The number of hydrogen-bond donors (Lipinski definition) is 2. The summed E-state index contributed by atoms with van der Waals surface area (Å²) in [6.07, 6.45) is 2.21. The number of nitrogens with zero attached hydrogens (tertiary/aromatic N) is 2. The van der Waals surface area contributed by atoms with Crippen molar-refractivity contribution in [2.24, 2.45) is 0 Å². The molecule has 2 N–H and O–H groups in total. The Morgan fingerprint density at radius 1 is 1.50 bits per heavy atom. The molecule has 1 aromatic heterocycles. The van der Waals surface area contributed by atoms with Crippen LogP contribution in [0.5, 0.6) is 0 Å². The average Bonchev–Trinajstić information content (AvgIpc) is 3.00. The fraction of sp³-hybridized carbons (Fsp3) is 0.214. The van der Waals surface area contributed by atoms with Crippen LogP contribution in [0.25, 0.3) is 0 Å². The summed E-state index contributed by atoms with van der Waals surface area (Å²) in [5, 5.41) is 15.2. The first-order chi connectivity index (χ1) is 9.74. The van der Waals surface area contributed by atoms with Crippen LogP contribution in [0.2, 0.25) is 0 Å². The number of carbonyl (C=O) groups is 1. The van der Waals surface area contributed by atoms with Gasteiger partial charge in [-0.25, -0.2) is 0 Å². The molecule has 0 aliphatic heterocycles. The summed E-state index contributed by atoms with van der Waals surface area (Å²) < 4.78 is 3.66. The predicted octanol–water partition coefficient (Wildman–Crippen LogP) is 1.70. The fourth-order valence-electron chi connectivity index (χ4n) is 1.68. The van der Waals surface area contributed by atoms with Gasteiger partial charge in [-0.15, -0.1) is 5.10 Å². The highest BCUT2D eigenvalue weighted by Gasteiger charge is 2.10. The van der Waals surface area contributed by atoms with Gasteiger partial charge < -0.3 is 10.4 Å². The molecular formula is C14H13N3O2S. The minimum atomic E-state index is -0.219. The number of aromatic nitrogens is 2. The third-order valence-electron chi connectivity index (χ3n) is 2.63. The summed E-state index contributed by atoms with van der Waals surface area (Å²) >= 11 is 1.05. The maximum absolute atomic E-state index is 12.0. The smallest absolute Gasteiger partial charge is 0.269 e. The van der Waals surface area contributed by atoms with Crippen molar-refractivity contribution in [1.29, 1.82) is 0 Å². The molecule has 0 unspecified atom stereocenters. The predicted molar refractivity (Wildman–Crippen MR) is 77.6 cm³/mol. The van der Waals surface area contributed by atoms with Gasteiger partial charge in [-0.1, -0.05) is 23.3 Å². The van der Waals surface area contributed by atoms with Crippen molar-refractivity contribution in [3.63, 3.8) is 0 Å². The van der Waals surface area contributed by atoms with Gasteiger partial charge in [-0.3, -0.25) is 4.79 Å². The zero-order chi connectivity index (χ0) is 14.4. The van der Waals surface area contributed by atoms with Crippen molar-refractivity contribution in [2.75, 3.05) is 11.9 Å². The summed E-state index contributed by atoms with van der Waals surface area (Å²) in [4.78, 5) is 12.4. The maximum Gasteiger partial charge on any atom is 0.269 e. The molecule has 0 aliphatic carbocycles. The molecule has 0 spiro atoms. The van der Waals surface area contributed by atoms with Crippen LogP contribution < -0.4 is 5.32 Å². The summed E-state index contributed by atoms with van der Waals surface area (Å²) in [6, 6.07) is 5.53. The minimum Gasteiger partial charge on any atom is -0.384 e. The van der Waals surface area contributed by atoms with Crippen molar-refractivity contribution in [3.8, 4) is 11.8 Å². The van der Waals surface area contributed by atoms with E-state index in [1.165, 1.54) is 6.20 Å². The zero-order valence-electron chi connectivity index (χ0n) is 10.9. The highest BCUT2D eigenvalue weighted by Crippen LogP contribution is 2.19. The van der Waals surface area contributed by atoms with Crippen molar-refractivity contribution >= 4 is 23.1 Å². The van der Waals surface area contributed by atoms with Gasteiger partial charge in [0.1, 0.15) is 11.5 Å². The van der Waals surface area contributed by atoms with E-state index in [1.54, 1.807) is 0 Å². The molecule has 0 bridgehead atoms. The molecule has 0 saturated heterocycles. The second-order valence-electron chi connectivity index (χ2n) is 3.92. The summed E-state index contributed by atoms with van der Waals surface area (Å²) in [6.45, 7) is 1.83. The molecule has 102 valence electrons. The van der Waals surface area contributed by atoms with Gasteiger partial charge in [0, 0.05) is 11.3 Å². The molecule has 1 heterocycles. The zero-order valence-corrected chi connectivity index (χ0v) is 11.7. The van der Waals surface area contributed by atoms with Crippen LogP contribution >= 0.6 is 11.5 Å². The second kappa shape index (κ2) is 6.80. The van der Waals surface area contributed by atoms with Crippen LogP contribution in [0.3, 0.4) is 0 Å². The Kier molecular flexibility index (Phi) is 4.82. The number of hydrogen-bond acceptors (Lipinski definition) is 5.